The largest absolute Gasteiger partial charge is 0.497 e. The highest BCUT2D eigenvalue weighted by atomic mass is 19.4. The Balaban J connectivity index is 1.40. The van der Waals surface area contributed by atoms with Gasteiger partial charge in [-0.1, -0.05) is 12.1 Å². The summed E-state index contributed by atoms with van der Waals surface area (Å²) < 4.78 is 45.5. The van der Waals surface area contributed by atoms with Crippen LogP contribution in [-0.2, 0) is 22.2 Å². The zero-order valence-electron chi connectivity index (χ0n) is 18.5. The molecular weight excluding hydrogens is 465 g/mol. The number of amides is 4. The summed E-state index contributed by atoms with van der Waals surface area (Å²) in [6, 6.07) is 8.65. The predicted molar refractivity (Wildman–Crippen MR) is 115 cm³/mol. The van der Waals surface area contributed by atoms with E-state index in [2.05, 4.69) is 0 Å². The average Bonchev–Trinajstić information content (AvgIpc) is 3.49. The van der Waals surface area contributed by atoms with Crippen LogP contribution in [0.15, 0.2) is 42.5 Å². The normalized spacial score (nSPS) is 23.1. The number of carbonyl (C=O) groups is 3. The van der Waals surface area contributed by atoms with Gasteiger partial charge in [0, 0.05) is 6.54 Å². The number of anilines is 1. The molecule has 0 radical (unpaired) electrons. The number of carbonyl (C=O) groups excluding carboxylic acids is 3. The number of imide groups is 1. The van der Waals surface area contributed by atoms with E-state index in [1.165, 1.54) is 18.1 Å². The number of methoxy groups -OCH3 is 1. The zero-order chi connectivity index (χ0) is 25.1. The highest BCUT2D eigenvalue weighted by Crippen LogP contribution is 2.43. The molecule has 3 heterocycles. The number of nitrogens with zero attached hydrogens (tertiary/aromatic N) is 4. The average molecular weight is 484 g/mol. The van der Waals surface area contributed by atoms with Gasteiger partial charge in [-0.25, -0.2) is 9.69 Å². The highest BCUT2D eigenvalue weighted by Gasteiger charge is 2.62. The molecule has 0 saturated carbocycles. The molecule has 0 N–H and O–H groups in total. The van der Waals surface area contributed by atoms with Crippen LogP contribution in [0.25, 0.3) is 0 Å². The van der Waals surface area contributed by atoms with Gasteiger partial charge < -0.3 is 14.5 Å². The van der Waals surface area contributed by atoms with E-state index in [0.29, 0.717) is 18.2 Å². The fraction of sp³-hybridized carbons (Fsp3) is 0.333. The quantitative estimate of drug-likeness (QED) is 0.622. The van der Waals surface area contributed by atoms with Crippen molar-refractivity contribution in [3.8, 4) is 11.8 Å². The summed E-state index contributed by atoms with van der Waals surface area (Å²) in [5, 5.41) is 9.02. The number of nitriles is 1. The number of piperazine rings is 1. The van der Waals surface area contributed by atoms with E-state index in [9.17, 15) is 27.6 Å². The third kappa shape index (κ3) is 3.56. The SMILES string of the molecule is COc1cccc(CC(=O)N2C[C@H]3CC2C2C(=O)N(c4ccc(C#N)c(C(F)(F)F)c4)C(=O)N23)c1. The van der Waals surface area contributed by atoms with Crippen molar-refractivity contribution < 1.29 is 32.3 Å². The highest BCUT2D eigenvalue weighted by molar-refractivity contribution is 6.22. The molecule has 4 amide bonds. The topological polar surface area (TPSA) is 94.0 Å². The Bertz CT molecular complexity index is 1290. The van der Waals surface area contributed by atoms with Crippen molar-refractivity contribution in [3.05, 3.63) is 59.2 Å². The number of halogens is 3. The Morgan fingerprint density at radius 2 is 1.97 bits per heavy atom. The summed E-state index contributed by atoms with van der Waals surface area (Å²) in [4.78, 5) is 43.1. The standard InChI is InChI=1S/C24H19F3N4O4/c1-35-17-4-2-3-13(7-17)8-20(32)29-12-16-10-19(29)21-22(33)31(23(34)30(16)21)15-6-5-14(11-28)18(9-15)24(25,26)27/h2-7,9,16,19,21H,8,10,12H2,1H3/t16-,19?,21?/m1/s1. The molecule has 2 aromatic rings. The lowest BCUT2D eigenvalue weighted by Crippen LogP contribution is -2.55. The second-order valence-electron chi connectivity index (χ2n) is 8.68. The third-order valence-electron chi connectivity index (χ3n) is 6.76. The molecule has 3 aliphatic heterocycles. The zero-order valence-corrected chi connectivity index (χ0v) is 18.5. The molecule has 180 valence electrons. The molecule has 3 fully saturated rings. The number of hydrogen-bond donors (Lipinski definition) is 0. The van der Waals surface area contributed by atoms with Crippen molar-refractivity contribution in [1.29, 1.82) is 5.26 Å². The van der Waals surface area contributed by atoms with Crippen molar-refractivity contribution in [1.82, 2.24) is 9.80 Å². The van der Waals surface area contributed by atoms with Crippen molar-refractivity contribution in [3.63, 3.8) is 0 Å². The van der Waals surface area contributed by atoms with E-state index < -0.39 is 47.4 Å². The Morgan fingerprint density at radius 3 is 2.66 bits per heavy atom. The van der Waals surface area contributed by atoms with Gasteiger partial charge in [0.2, 0.25) is 5.91 Å². The van der Waals surface area contributed by atoms with Crippen molar-refractivity contribution in [2.45, 2.75) is 37.1 Å². The number of likely N-dealkylation sites (tertiary alicyclic amines) is 1. The lowest BCUT2D eigenvalue weighted by atomic mass is 10.0. The van der Waals surface area contributed by atoms with Crippen LogP contribution in [0.5, 0.6) is 5.75 Å². The van der Waals surface area contributed by atoms with Crippen LogP contribution >= 0.6 is 0 Å². The number of urea groups is 1. The van der Waals surface area contributed by atoms with Gasteiger partial charge in [0.15, 0.2) is 0 Å². The van der Waals surface area contributed by atoms with Crippen LogP contribution in [0.3, 0.4) is 0 Å². The molecule has 0 aromatic heterocycles. The first-order valence-corrected chi connectivity index (χ1v) is 10.8. The molecule has 11 heteroatoms. The summed E-state index contributed by atoms with van der Waals surface area (Å²) in [5.41, 5.74) is -1.34. The van der Waals surface area contributed by atoms with E-state index in [1.54, 1.807) is 29.2 Å². The van der Waals surface area contributed by atoms with E-state index in [-0.39, 0.29) is 24.6 Å². The monoisotopic (exact) mass is 484 g/mol. The second-order valence-corrected chi connectivity index (χ2v) is 8.68. The van der Waals surface area contributed by atoms with E-state index >= 15 is 0 Å². The first kappa shape index (κ1) is 22.7. The van der Waals surface area contributed by atoms with Gasteiger partial charge in [0.1, 0.15) is 11.8 Å². The maximum Gasteiger partial charge on any atom is 0.417 e. The number of rotatable bonds is 4. The molecule has 0 spiro atoms. The van der Waals surface area contributed by atoms with Gasteiger partial charge in [-0.15, -0.1) is 0 Å². The lowest BCUT2D eigenvalue weighted by molar-refractivity contribution is -0.138. The van der Waals surface area contributed by atoms with Crippen LogP contribution in [0.4, 0.5) is 23.7 Å². The molecule has 8 nitrogen and oxygen atoms in total. The molecule has 3 atom stereocenters. The molecule has 5 rings (SSSR count). The third-order valence-corrected chi connectivity index (χ3v) is 6.76. The molecule has 3 aliphatic rings. The summed E-state index contributed by atoms with van der Waals surface area (Å²) >= 11 is 0. The first-order valence-electron chi connectivity index (χ1n) is 10.8. The Kier molecular flexibility index (Phi) is 5.20. The number of alkyl halides is 3. The fourth-order valence-electron chi connectivity index (χ4n) is 5.24. The van der Waals surface area contributed by atoms with Crippen molar-refractivity contribution in [2.75, 3.05) is 18.6 Å². The summed E-state index contributed by atoms with van der Waals surface area (Å²) in [6.07, 6.45) is -4.31. The second kappa shape index (κ2) is 8.01. The van der Waals surface area contributed by atoms with Gasteiger partial charge in [-0.05, 0) is 42.3 Å². The van der Waals surface area contributed by atoms with Crippen LogP contribution < -0.4 is 9.64 Å². The summed E-state index contributed by atoms with van der Waals surface area (Å²) in [7, 11) is 1.52. The van der Waals surface area contributed by atoms with Crippen LogP contribution in [0.1, 0.15) is 23.1 Å². The maximum absolute atomic E-state index is 13.4. The molecular formula is C24H19F3N4O4. The Labute approximate surface area is 198 Å². The number of fused-ring (bicyclic) bond motifs is 5. The van der Waals surface area contributed by atoms with Crippen LogP contribution in [0, 0.1) is 11.3 Å². The molecule has 35 heavy (non-hydrogen) atoms. The molecule has 2 unspecified atom stereocenters. The van der Waals surface area contributed by atoms with Crippen molar-refractivity contribution >= 4 is 23.5 Å². The number of benzene rings is 2. The van der Waals surface area contributed by atoms with Gasteiger partial charge in [-0.2, -0.15) is 18.4 Å². The molecule has 2 aromatic carbocycles. The maximum atomic E-state index is 13.4. The smallest absolute Gasteiger partial charge is 0.417 e. The van der Waals surface area contributed by atoms with Gasteiger partial charge in [0.05, 0.1) is 48.5 Å². The van der Waals surface area contributed by atoms with Crippen molar-refractivity contribution in [2.24, 2.45) is 0 Å². The summed E-state index contributed by atoms with van der Waals surface area (Å²) in [5.74, 6) is -0.279. The fourth-order valence-corrected chi connectivity index (χ4v) is 5.24. The van der Waals surface area contributed by atoms with Gasteiger partial charge in [-0.3, -0.25) is 9.59 Å². The molecule has 2 bridgehead atoms. The van der Waals surface area contributed by atoms with Gasteiger partial charge in [0.25, 0.3) is 5.91 Å². The lowest BCUT2D eigenvalue weighted by Gasteiger charge is -2.35. The first-order chi connectivity index (χ1) is 16.6. The minimum absolute atomic E-state index is 0.0869. The van der Waals surface area contributed by atoms with Gasteiger partial charge >= 0.3 is 12.2 Å². The Hall–Kier alpha value is -4.07. The van der Waals surface area contributed by atoms with E-state index in [0.717, 1.165) is 22.6 Å². The summed E-state index contributed by atoms with van der Waals surface area (Å²) in [6.45, 7) is 0.248. The molecule has 0 aliphatic carbocycles. The predicted octanol–water partition coefficient (Wildman–Crippen LogP) is 2.95. The molecule has 3 saturated heterocycles. The van der Waals surface area contributed by atoms with Crippen LogP contribution in [-0.4, -0.2) is 59.4 Å². The van der Waals surface area contributed by atoms with E-state index in [4.69, 9.17) is 10.00 Å². The van der Waals surface area contributed by atoms with Crippen LogP contribution in [0.2, 0.25) is 0 Å². The number of ether oxygens (including phenoxy) is 1. The minimum Gasteiger partial charge on any atom is -0.497 e. The Morgan fingerprint density at radius 1 is 1.20 bits per heavy atom. The minimum atomic E-state index is -4.83. The van der Waals surface area contributed by atoms with E-state index in [1.807, 2.05) is 0 Å². The number of hydrogen-bond acceptors (Lipinski definition) is 5.